The van der Waals surface area contributed by atoms with E-state index < -0.39 is 5.91 Å². The molecule has 15 heavy (non-hydrogen) atoms. The maximum Gasteiger partial charge on any atom is 0.236 e. The van der Waals surface area contributed by atoms with Gasteiger partial charge in [-0.2, -0.15) is 0 Å². The first-order chi connectivity index (χ1) is 7.15. The second-order valence-corrected chi connectivity index (χ2v) is 3.49. The number of hydrogen-bond donors (Lipinski definition) is 3. The minimum absolute atomic E-state index is 0.0304. The molecule has 0 radical (unpaired) electrons. The third kappa shape index (κ3) is 3.49. The summed E-state index contributed by atoms with van der Waals surface area (Å²) in [5.41, 5.74) is 4.93. The number of carbonyl (C=O) groups excluding carboxylic acids is 2. The quantitative estimate of drug-likeness (QED) is 0.505. The van der Waals surface area contributed by atoms with E-state index in [9.17, 15) is 9.59 Å². The fourth-order valence-corrected chi connectivity index (χ4v) is 1.58. The van der Waals surface area contributed by atoms with Crippen molar-refractivity contribution in [3.05, 3.63) is 0 Å². The van der Waals surface area contributed by atoms with Crippen molar-refractivity contribution < 1.29 is 14.3 Å². The zero-order chi connectivity index (χ0) is 11.3. The SMILES string of the molecule is CCNC1COCC1C(=O)NCC(N)=O. The van der Waals surface area contributed by atoms with Gasteiger partial charge in [-0.25, -0.2) is 0 Å². The molecule has 1 fully saturated rings. The number of hydrogen-bond acceptors (Lipinski definition) is 4. The van der Waals surface area contributed by atoms with Gasteiger partial charge >= 0.3 is 0 Å². The minimum atomic E-state index is -0.540. The normalized spacial score (nSPS) is 25.1. The first-order valence-corrected chi connectivity index (χ1v) is 5.02. The average molecular weight is 215 g/mol. The van der Waals surface area contributed by atoms with Crippen molar-refractivity contribution >= 4 is 11.8 Å². The molecular weight excluding hydrogens is 198 g/mol. The van der Waals surface area contributed by atoms with Gasteiger partial charge in [0.05, 0.1) is 25.7 Å². The molecule has 4 N–H and O–H groups in total. The third-order valence-electron chi connectivity index (χ3n) is 2.32. The van der Waals surface area contributed by atoms with Crippen LogP contribution in [0.15, 0.2) is 0 Å². The number of amides is 2. The fourth-order valence-electron chi connectivity index (χ4n) is 1.58. The highest BCUT2D eigenvalue weighted by Crippen LogP contribution is 2.13. The molecule has 1 aliphatic rings. The lowest BCUT2D eigenvalue weighted by Gasteiger charge is -2.17. The molecule has 1 saturated heterocycles. The van der Waals surface area contributed by atoms with Gasteiger partial charge in [-0.15, -0.1) is 0 Å². The van der Waals surface area contributed by atoms with Gasteiger partial charge in [0.25, 0.3) is 0 Å². The summed E-state index contributed by atoms with van der Waals surface area (Å²) in [6.07, 6.45) is 0. The summed E-state index contributed by atoms with van der Waals surface area (Å²) in [6, 6.07) is 0.0304. The number of carbonyl (C=O) groups is 2. The van der Waals surface area contributed by atoms with Gasteiger partial charge in [-0.1, -0.05) is 6.92 Å². The summed E-state index contributed by atoms with van der Waals surface area (Å²) < 4.78 is 5.21. The molecule has 0 spiro atoms. The molecule has 1 rings (SSSR count). The van der Waals surface area contributed by atoms with Crippen LogP contribution in [0.4, 0.5) is 0 Å². The first kappa shape index (κ1) is 11.9. The molecule has 0 aromatic heterocycles. The maximum atomic E-state index is 11.6. The van der Waals surface area contributed by atoms with Crippen LogP contribution < -0.4 is 16.4 Å². The molecule has 1 heterocycles. The molecule has 2 atom stereocenters. The van der Waals surface area contributed by atoms with Gasteiger partial charge in [-0.3, -0.25) is 9.59 Å². The number of nitrogens with two attached hydrogens (primary N) is 1. The number of ether oxygens (including phenoxy) is 1. The molecule has 2 amide bonds. The van der Waals surface area contributed by atoms with E-state index in [1.807, 2.05) is 6.92 Å². The van der Waals surface area contributed by atoms with Gasteiger partial charge in [0.15, 0.2) is 0 Å². The lowest BCUT2D eigenvalue weighted by Crippen LogP contribution is -2.45. The Kier molecular flexibility index (Phi) is 4.51. The smallest absolute Gasteiger partial charge is 0.236 e. The van der Waals surface area contributed by atoms with Crippen LogP contribution in [-0.4, -0.2) is 44.2 Å². The molecule has 86 valence electrons. The predicted octanol–water partition coefficient (Wildman–Crippen LogP) is -1.79. The lowest BCUT2D eigenvalue weighted by molar-refractivity contribution is -0.128. The van der Waals surface area contributed by atoms with Gasteiger partial charge < -0.3 is 21.1 Å². The second-order valence-electron chi connectivity index (χ2n) is 3.49. The molecule has 0 saturated carbocycles. The Morgan fingerprint density at radius 2 is 2.20 bits per heavy atom. The molecule has 0 aliphatic carbocycles. The van der Waals surface area contributed by atoms with E-state index in [1.165, 1.54) is 0 Å². The number of likely N-dealkylation sites (N-methyl/N-ethyl adjacent to an activating group) is 1. The Bertz CT molecular complexity index is 245. The van der Waals surface area contributed by atoms with Crippen LogP contribution >= 0.6 is 0 Å². The molecule has 2 unspecified atom stereocenters. The largest absolute Gasteiger partial charge is 0.379 e. The highest BCUT2D eigenvalue weighted by molar-refractivity contribution is 5.85. The Balaban J connectivity index is 2.40. The number of nitrogens with one attached hydrogen (secondary N) is 2. The van der Waals surface area contributed by atoms with Crippen molar-refractivity contribution in [3.8, 4) is 0 Å². The van der Waals surface area contributed by atoms with E-state index in [0.717, 1.165) is 6.54 Å². The van der Waals surface area contributed by atoms with Gasteiger partial charge in [0.1, 0.15) is 0 Å². The van der Waals surface area contributed by atoms with Crippen LogP contribution in [0.3, 0.4) is 0 Å². The van der Waals surface area contributed by atoms with Crippen LogP contribution in [-0.2, 0) is 14.3 Å². The lowest BCUT2D eigenvalue weighted by atomic mass is 10.0. The van der Waals surface area contributed by atoms with E-state index in [2.05, 4.69) is 10.6 Å². The van der Waals surface area contributed by atoms with Crippen LogP contribution in [0.2, 0.25) is 0 Å². The summed E-state index contributed by atoms with van der Waals surface area (Å²) in [6.45, 7) is 3.56. The first-order valence-electron chi connectivity index (χ1n) is 5.02. The summed E-state index contributed by atoms with van der Waals surface area (Å²) in [5, 5.41) is 5.64. The van der Waals surface area contributed by atoms with E-state index in [-0.39, 0.29) is 24.4 Å². The number of rotatable bonds is 5. The van der Waals surface area contributed by atoms with Crippen molar-refractivity contribution in [1.82, 2.24) is 10.6 Å². The molecular formula is C9H17N3O3. The monoisotopic (exact) mass is 215 g/mol. The molecule has 0 aromatic carbocycles. The van der Waals surface area contributed by atoms with Crippen LogP contribution in [0.5, 0.6) is 0 Å². The average Bonchev–Trinajstić information content (AvgIpc) is 2.63. The van der Waals surface area contributed by atoms with Crippen LogP contribution in [0.25, 0.3) is 0 Å². The minimum Gasteiger partial charge on any atom is -0.379 e. The van der Waals surface area contributed by atoms with Crippen molar-refractivity contribution in [2.24, 2.45) is 11.7 Å². The Labute approximate surface area is 88.5 Å². The van der Waals surface area contributed by atoms with Crippen molar-refractivity contribution in [1.29, 1.82) is 0 Å². The number of primary amides is 1. The molecule has 0 bridgehead atoms. The van der Waals surface area contributed by atoms with Gasteiger partial charge in [-0.05, 0) is 6.54 Å². The zero-order valence-electron chi connectivity index (χ0n) is 8.79. The Hall–Kier alpha value is -1.14. The van der Waals surface area contributed by atoms with E-state index in [1.54, 1.807) is 0 Å². The summed E-state index contributed by atoms with van der Waals surface area (Å²) in [4.78, 5) is 22.1. The van der Waals surface area contributed by atoms with Crippen LogP contribution in [0.1, 0.15) is 6.92 Å². The highest BCUT2D eigenvalue weighted by Gasteiger charge is 2.33. The van der Waals surface area contributed by atoms with Gasteiger partial charge in [0, 0.05) is 6.04 Å². The molecule has 0 aromatic rings. The summed E-state index contributed by atoms with van der Waals surface area (Å²) in [7, 11) is 0. The highest BCUT2D eigenvalue weighted by atomic mass is 16.5. The van der Waals surface area contributed by atoms with Crippen molar-refractivity contribution in [2.75, 3.05) is 26.3 Å². The van der Waals surface area contributed by atoms with Crippen molar-refractivity contribution in [2.45, 2.75) is 13.0 Å². The third-order valence-corrected chi connectivity index (χ3v) is 2.32. The van der Waals surface area contributed by atoms with E-state index in [4.69, 9.17) is 10.5 Å². The Morgan fingerprint density at radius 3 is 2.80 bits per heavy atom. The summed E-state index contributed by atoms with van der Waals surface area (Å²) in [5.74, 6) is -0.955. The molecule has 6 heteroatoms. The van der Waals surface area contributed by atoms with E-state index >= 15 is 0 Å². The second kappa shape index (κ2) is 5.67. The maximum absolute atomic E-state index is 11.6. The van der Waals surface area contributed by atoms with Gasteiger partial charge in [0.2, 0.25) is 11.8 Å². The standard InChI is InChI=1S/C9H17N3O3/c1-2-11-7-5-15-4-6(7)9(14)12-3-8(10)13/h6-7,11H,2-5H2,1H3,(H2,10,13)(H,12,14). The predicted molar refractivity (Wildman–Crippen MR) is 54.0 cm³/mol. The van der Waals surface area contributed by atoms with Crippen molar-refractivity contribution in [3.63, 3.8) is 0 Å². The fraction of sp³-hybridized carbons (Fsp3) is 0.778. The zero-order valence-corrected chi connectivity index (χ0v) is 8.79. The van der Waals surface area contributed by atoms with Crippen LogP contribution in [0, 0.1) is 5.92 Å². The molecule has 6 nitrogen and oxygen atoms in total. The van der Waals surface area contributed by atoms with E-state index in [0.29, 0.717) is 13.2 Å². The Morgan fingerprint density at radius 1 is 1.47 bits per heavy atom. The summed E-state index contributed by atoms with van der Waals surface area (Å²) >= 11 is 0. The molecule has 1 aliphatic heterocycles. The topological polar surface area (TPSA) is 93.4 Å².